The van der Waals surface area contributed by atoms with Gasteiger partial charge in [-0.25, -0.2) is 4.98 Å². The molecule has 0 amide bonds. The molecule has 0 N–H and O–H groups in total. The second-order valence-corrected chi connectivity index (χ2v) is 6.62. The Morgan fingerprint density at radius 2 is 2.09 bits per heavy atom. The molecule has 2 rings (SSSR count). The molecule has 1 aromatic carbocycles. The summed E-state index contributed by atoms with van der Waals surface area (Å²) in [5.41, 5.74) is 4.04. The van der Waals surface area contributed by atoms with Crippen LogP contribution in [0, 0.1) is 0 Å². The van der Waals surface area contributed by atoms with Gasteiger partial charge in [-0.1, -0.05) is 44.7 Å². The van der Waals surface area contributed by atoms with Crippen LogP contribution in [0.4, 0.5) is 0 Å². The topological polar surface area (TPSA) is 16.1 Å². The van der Waals surface area contributed by atoms with E-state index in [4.69, 9.17) is 0 Å². The smallest absolute Gasteiger partial charge is 0.123 e. The molecule has 0 bridgehead atoms. The summed E-state index contributed by atoms with van der Waals surface area (Å²) in [6.07, 6.45) is 10.0. The first-order valence-electron chi connectivity index (χ1n) is 8.25. The maximum atomic E-state index is 4.68. The van der Waals surface area contributed by atoms with E-state index in [0.29, 0.717) is 0 Å². The van der Waals surface area contributed by atoms with Gasteiger partial charge in [0.15, 0.2) is 0 Å². The number of hydrogen-bond acceptors (Lipinski definition) is 3. The summed E-state index contributed by atoms with van der Waals surface area (Å²) in [4.78, 5) is 8.04. The molecule has 2 nitrogen and oxygen atoms in total. The van der Waals surface area contributed by atoms with E-state index in [2.05, 4.69) is 55.4 Å². The van der Waals surface area contributed by atoms with Crippen LogP contribution in [-0.2, 0) is 12.8 Å². The zero-order valence-electron chi connectivity index (χ0n) is 14.5. The fourth-order valence-electron chi connectivity index (χ4n) is 2.64. The lowest BCUT2D eigenvalue weighted by atomic mass is 10.0. The highest BCUT2D eigenvalue weighted by atomic mass is 32.1. The molecular formula is C20H26N2S. The van der Waals surface area contributed by atoms with Crippen LogP contribution in [0.1, 0.15) is 49.7 Å². The molecule has 0 aliphatic carbocycles. The number of aryl methyl sites for hydroxylation is 2. The van der Waals surface area contributed by atoms with Crippen LogP contribution < -0.4 is 0 Å². The van der Waals surface area contributed by atoms with Gasteiger partial charge in [0, 0.05) is 16.6 Å². The van der Waals surface area contributed by atoms with Crippen LogP contribution in [0.5, 0.6) is 0 Å². The van der Waals surface area contributed by atoms with Gasteiger partial charge in [-0.2, -0.15) is 0 Å². The summed E-state index contributed by atoms with van der Waals surface area (Å²) >= 11 is 1.77. The molecule has 3 heteroatoms. The number of benzene rings is 1. The normalized spacial score (nSPS) is 12.5. The van der Waals surface area contributed by atoms with Crippen molar-refractivity contribution in [3.05, 3.63) is 65.5 Å². The van der Waals surface area contributed by atoms with Crippen molar-refractivity contribution in [2.45, 2.75) is 46.6 Å². The van der Waals surface area contributed by atoms with Crippen LogP contribution >= 0.6 is 11.3 Å². The third-order valence-electron chi connectivity index (χ3n) is 4.10. The third kappa shape index (κ3) is 3.91. The van der Waals surface area contributed by atoms with Gasteiger partial charge in [0.1, 0.15) is 5.01 Å². The second-order valence-electron chi connectivity index (χ2n) is 5.55. The molecule has 122 valence electrons. The summed E-state index contributed by atoms with van der Waals surface area (Å²) in [6.45, 7) is 12.5. The number of aromatic nitrogens is 1. The fraction of sp³-hybridized carbons (Fsp3) is 0.350. The number of nitrogens with zero attached hydrogens (tertiary/aromatic N) is 2. The molecule has 0 radical (unpaired) electrons. The molecular weight excluding hydrogens is 300 g/mol. The van der Waals surface area contributed by atoms with Crippen molar-refractivity contribution in [1.82, 2.24) is 9.88 Å². The van der Waals surface area contributed by atoms with E-state index in [1.807, 2.05) is 31.6 Å². The molecule has 1 unspecified atom stereocenters. The monoisotopic (exact) mass is 326 g/mol. The van der Waals surface area contributed by atoms with Gasteiger partial charge in [-0.3, -0.25) is 0 Å². The Morgan fingerprint density at radius 1 is 1.30 bits per heavy atom. The lowest BCUT2D eigenvalue weighted by Crippen LogP contribution is -2.13. The van der Waals surface area contributed by atoms with Crippen molar-refractivity contribution in [2.24, 2.45) is 0 Å². The fourth-order valence-corrected chi connectivity index (χ4v) is 3.67. The lowest BCUT2D eigenvalue weighted by molar-refractivity contribution is 0.408. The maximum Gasteiger partial charge on any atom is 0.123 e. The zero-order chi connectivity index (χ0) is 16.8. The van der Waals surface area contributed by atoms with Gasteiger partial charge >= 0.3 is 0 Å². The molecule has 1 heterocycles. The highest BCUT2D eigenvalue weighted by Crippen LogP contribution is 2.33. The minimum atomic E-state index is 0.245. The molecule has 0 fully saturated rings. The summed E-state index contributed by atoms with van der Waals surface area (Å²) in [7, 11) is 0. The van der Waals surface area contributed by atoms with Crippen molar-refractivity contribution in [3.63, 3.8) is 0 Å². The predicted molar refractivity (Wildman–Crippen MR) is 102 cm³/mol. The summed E-state index contributed by atoms with van der Waals surface area (Å²) in [5, 5.41) is 1.11. The van der Waals surface area contributed by atoms with Crippen LogP contribution in [0.2, 0.25) is 0 Å². The first-order chi connectivity index (χ1) is 11.1. The molecule has 23 heavy (non-hydrogen) atoms. The summed E-state index contributed by atoms with van der Waals surface area (Å²) in [5.74, 6) is 0. The predicted octanol–water partition coefficient (Wildman–Crippen LogP) is 5.98. The first-order valence-corrected chi connectivity index (χ1v) is 9.06. The van der Waals surface area contributed by atoms with Crippen LogP contribution in [0.3, 0.4) is 0 Å². The Kier molecular flexibility index (Phi) is 6.17. The quantitative estimate of drug-likeness (QED) is 0.622. The minimum absolute atomic E-state index is 0.245. The minimum Gasteiger partial charge on any atom is -0.347 e. The zero-order valence-corrected chi connectivity index (χ0v) is 15.4. The van der Waals surface area contributed by atoms with Gasteiger partial charge in [0.2, 0.25) is 0 Å². The van der Waals surface area contributed by atoms with Gasteiger partial charge in [0.05, 0.1) is 6.04 Å². The standard InChI is InChI=1S/C20H26N2S/c1-6-12-22(9-4)15(5)19-14-21-20(23-19)18-11-10-16(7-2)13-17(18)8-3/h6,9-15H,4,7-8H2,1-3,5H3. The summed E-state index contributed by atoms with van der Waals surface area (Å²) < 4.78 is 0. The van der Waals surface area contributed by atoms with Gasteiger partial charge in [0.25, 0.3) is 0 Å². The highest BCUT2D eigenvalue weighted by molar-refractivity contribution is 7.15. The second kappa shape index (κ2) is 8.11. The molecule has 1 atom stereocenters. The van der Waals surface area contributed by atoms with E-state index in [9.17, 15) is 0 Å². The van der Waals surface area contributed by atoms with E-state index < -0.39 is 0 Å². The SMILES string of the molecule is C=CN(C=CC)C(C)c1cnc(-c2ccc(CC)cc2CC)s1. The Bertz CT molecular complexity index is 685. The molecule has 0 saturated carbocycles. The molecule has 0 aliphatic heterocycles. The van der Waals surface area contributed by atoms with E-state index in [1.54, 1.807) is 11.3 Å². The van der Waals surface area contributed by atoms with Crippen LogP contribution in [0.25, 0.3) is 10.6 Å². The molecule has 0 spiro atoms. The average Bonchev–Trinajstić information content (AvgIpc) is 3.08. The Labute approximate surface area is 144 Å². The van der Waals surface area contributed by atoms with E-state index in [-0.39, 0.29) is 6.04 Å². The van der Waals surface area contributed by atoms with Gasteiger partial charge in [-0.05, 0) is 50.2 Å². The van der Waals surface area contributed by atoms with Crippen molar-refractivity contribution in [1.29, 1.82) is 0 Å². The summed E-state index contributed by atoms with van der Waals surface area (Å²) in [6, 6.07) is 7.00. The Balaban J connectivity index is 2.34. The van der Waals surface area contributed by atoms with Crippen molar-refractivity contribution >= 4 is 11.3 Å². The van der Waals surface area contributed by atoms with Crippen LogP contribution in [-0.4, -0.2) is 9.88 Å². The average molecular weight is 327 g/mol. The van der Waals surface area contributed by atoms with E-state index in [0.717, 1.165) is 17.8 Å². The van der Waals surface area contributed by atoms with Crippen LogP contribution in [0.15, 0.2) is 49.5 Å². The molecule has 1 aromatic heterocycles. The number of thiazole rings is 1. The number of hydrogen-bond donors (Lipinski definition) is 0. The highest BCUT2D eigenvalue weighted by Gasteiger charge is 2.15. The molecule has 0 aliphatic rings. The Hall–Kier alpha value is -1.87. The van der Waals surface area contributed by atoms with Crippen molar-refractivity contribution < 1.29 is 0 Å². The third-order valence-corrected chi connectivity index (χ3v) is 5.30. The largest absolute Gasteiger partial charge is 0.347 e. The van der Waals surface area contributed by atoms with E-state index >= 15 is 0 Å². The van der Waals surface area contributed by atoms with Crippen molar-refractivity contribution in [2.75, 3.05) is 0 Å². The maximum absolute atomic E-state index is 4.68. The number of rotatable bonds is 7. The van der Waals surface area contributed by atoms with Gasteiger partial charge < -0.3 is 4.90 Å². The Morgan fingerprint density at radius 3 is 2.70 bits per heavy atom. The number of allylic oxidation sites excluding steroid dienone is 1. The van der Waals surface area contributed by atoms with Gasteiger partial charge in [-0.15, -0.1) is 11.3 Å². The molecule has 2 aromatic rings. The first kappa shape index (κ1) is 17.5. The molecule has 0 saturated heterocycles. The van der Waals surface area contributed by atoms with E-state index in [1.165, 1.54) is 21.6 Å². The lowest BCUT2D eigenvalue weighted by Gasteiger charge is -2.22. The van der Waals surface area contributed by atoms with Crippen molar-refractivity contribution in [3.8, 4) is 10.6 Å².